The molecule has 1 aliphatic heterocycles. The number of nitrogens with zero attached hydrogens (tertiary/aromatic N) is 4. The molecule has 1 fully saturated rings. The molecule has 30 heavy (non-hydrogen) atoms. The highest BCUT2D eigenvalue weighted by molar-refractivity contribution is 6.33. The average molecular weight is 444 g/mol. The number of amides is 3. The number of carbonyl (C=O) groups excluding carboxylic acids is 2. The largest absolute Gasteiger partial charge is 0.417 e. The number of alkyl halides is 3. The molecule has 4 N–H and O–H groups in total. The van der Waals surface area contributed by atoms with Gasteiger partial charge in [-0.3, -0.25) is 15.5 Å². The van der Waals surface area contributed by atoms with E-state index in [4.69, 9.17) is 17.4 Å². The van der Waals surface area contributed by atoms with E-state index in [-0.39, 0.29) is 16.4 Å². The van der Waals surface area contributed by atoms with Gasteiger partial charge in [-0.2, -0.15) is 13.2 Å². The highest BCUT2D eigenvalue weighted by atomic mass is 35.5. The van der Waals surface area contributed by atoms with Gasteiger partial charge in [0, 0.05) is 38.6 Å². The van der Waals surface area contributed by atoms with Crippen LogP contribution in [0, 0.1) is 0 Å². The van der Waals surface area contributed by atoms with E-state index >= 15 is 0 Å². The molecule has 0 unspecified atom stereocenters. The smallest absolute Gasteiger partial charge is 0.352 e. The van der Waals surface area contributed by atoms with Gasteiger partial charge in [0.15, 0.2) is 0 Å². The van der Waals surface area contributed by atoms with Crippen LogP contribution in [0.15, 0.2) is 30.6 Å². The number of hydrazine groups is 1. The minimum atomic E-state index is -4.49. The number of hydrogen-bond donors (Lipinski definition) is 3. The summed E-state index contributed by atoms with van der Waals surface area (Å²) < 4.78 is 37.7. The summed E-state index contributed by atoms with van der Waals surface area (Å²) in [5, 5.41) is 2.74. The third kappa shape index (κ3) is 4.89. The zero-order chi connectivity index (χ0) is 21.9. The first-order valence-corrected chi connectivity index (χ1v) is 9.07. The molecule has 2 aromatic heterocycles. The molecular weight excluding hydrogens is 427 g/mol. The summed E-state index contributed by atoms with van der Waals surface area (Å²) >= 11 is 6.21. The van der Waals surface area contributed by atoms with Crippen LogP contribution in [0.1, 0.15) is 15.9 Å². The third-order valence-electron chi connectivity index (χ3n) is 4.41. The highest BCUT2D eigenvalue weighted by Gasteiger charge is 2.31. The van der Waals surface area contributed by atoms with Gasteiger partial charge in [-0.25, -0.2) is 20.6 Å². The molecule has 3 heterocycles. The van der Waals surface area contributed by atoms with Crippen LogP contribution in [-0.2, 0) is 6.18 Å². The van der Waals surface area contributed by atoms with Crippen LogP contribution in [0.25, 0.3) is 0 Å². The predicted molar refractivity (Wildman–Crippen MR) is 103 cm³/mol. The molecule has 0 spiro atoms. The lowest BCUT2D eigenvalue weighted by molar-refractivity contribution is -0.137. The number of aromatic nitrogens is 2. The Balaban J connectivity index is 1.57. The van der Waals surface area contributed by atoms with Crippen molar-refractivity contribution in [3.05, 3.63) is 46.7 Å². The van der Waals surface area contributed by atoms with Crippen molar-refractivity contribution in [1.29, 1.82) is 0 Å². The third-order valence-corrected chi connectivity index (χ3v) is 4.69. The molecule has 3 amide bonds. The van der Waals surface area contributed by atoms with Gasteiger partial charge in [0.05, 0.1) is 16.1 Å². The fourth-order valence-electron chi connectivity index (χ4n) is 2.82. The summed E-state index contributed by atoms with van der Waals surface area (Å²) in [6.07, 6.45) is -2.48. The number of nitrogen functional groups attached to an aromatic ring is 1. The fourth-order valence-corrected chi connectivity index (χ4v) is 3.10. The lowest BCUT2D eigenvalue weighted by Gasteiger charge is -2.35. The van der Waals surface area contributed by atoms with Crippen LogP contribution < -0.4 is 21.5 Å². The van der Waals surface area contributed by atoms with Crippen LogP contribution in [0.5, 0.6) is 0 Å². The second-order valence-electron chi connectivity index (χ2n) is 6.34. The summed E-state index contributed by atoms with van der Waals surface area (Å²) in [5.41, 5.74) is 1.31. The average Bonchev–Trinajstić information content (AvgIpc) is 2.73. The van der Waals surface area contributed by atoms with Crippen molar-refractivity contribution in [3.63, 3.8) is 0 Å². The highest BCUT2D eigenvalue weighted by Crippen LogP contribution is 2.29. The van der Waals surface area contributed by atoms with Gasteiger partial charge in [-0.15, -0.1) is 0 Å². The Morgan fingerprint density at radius 2 is 1.80 bits per heavy atom. The van der Waals surface area contributed by atoms with Gasteiger partial charge >= 0.3 is 12.2 Å². The van der Waals surface area contributed by atoms with E-state index < -0.39 is 23.7 Å². The molecule has 3 rings (SSSR count). The quantitative estimate of drug-likeness (QED) is 0.380. The molecule has 9 nitrogen and oxygen atoms in total. The molecule has 160 valence electrons. The Morgan fingerprint density at radius 3 is 2.33 bits per heavy atom. The van der Waals surface area contributed by atoms with Crippen LogP contribution >= 0.6 is 11.6 Å². The number of rotatable bonds is 3. The van der Waals surface area contributed by atoms with Crippen molar-refractivity contribution in [2.75, 3.05) is 36.4 Å². The molecule has 1 saturated heterocycles. The molecule has 0 aromatic carbocycles. The number of piperazine rings is 1. The van der Waals surface area contributed by atoms with E-state index in [0.29, 0.717) is 38.2 Å². The van der Waals surface area contributed by atoms with Crippen LogP contribution in [0.3, 0.4) is 0 Å². The SMILES string of the molecule is NNC(=O)c1cnc(N2CCN(C(=O)Nc3ccc(C(F)(F)F)cn3)CC2)c(Cl)c1. The maximum atomic E-state index is 12.6. The number of pyridine rings is 2. The first-order chi connectivity index (χ1) is 14.2. The van der Waals surface area contributed by atoms with Gasteiger partial charge in [0.25, 0.3) is 5.91 Å². The zero-order valence-electron chi connectivity index (χ0n) is 15.4. The Labute approximate surface area is 174 Å². The maximum absolute atomic E-state index is 12.6. The molecule has 0 atom stereocenters. The van der Waals surface area contributed by atoms with E-state index in [2.05, 4.69) is 15.3 Å². The minimum absolute atomic E-state index is 0.0221. The van der Waals surface area contributed by atoms with Gasteiger partial charge in [0.2, 0.25) is 0 Å². The first-order valence-electron chi connectivity index (χ1n) is 8.69. The molecule has 2 aromatic rings. The van der Waals surface area contributed by atoms with Gasteiger partial charge in [0.1, 0.15) is 11.6 Å². The van der Waals surface area contributed by atoms with Gasteiger partial charge in [-0.05, 0) is 18.2 Å². The Kier molecular flexibility index (Phi) is 6.27. The van der Waals surface area contributed by atoms with Crippen molar-refractivity contribution < 1.29 is 22.8 Å². The molecule has 0 bridgehead atoms. The molecule has 1 aliphatic rings. The normalized spacial score (nSPS) is 14.4. The second kappa shape index (κ2) is 8.71. The molecule has 0 radical (unpaired) electrons. The summed E-state index contributed by atoms with van der Waals surface area (Å²) in [4.78, 5) is 35.0. The number of urea groups is 1. The Bertz CT molecular complexity index is 932. The van der Waals surface area contributed by atoms with E-state index in [0.717, 1.165) is 12.1 Å². The number of hydrogen-bond acceptors (Lipinski definition) is 6. The molecular formula is C17H17ClF3N7O2. The van der Waals surface area contributed by atoms with Gasteiger partial charge in [-0.1, -0.05) is 11.6 Å². The van der Waals surface area contributed by atoms with E-state index in [1.54, 1.807) is 0 Å². The van der Waals surface area contributed by atoms with Crippen molar-refractivity contribution in [2.45, 2.75) is 6.18 Å². The monoisotopic (exact) mass is 443 g/mol. The van der Waals surface area contributed by atoms with Crippen LogP contribution in [0.4, 0.5) is 29.6 Å². The first kappa shape index (κ1) is 21.6. The second-order valence-corrected chi connectivity index (χ2v) is 6.74. The number of halogens is 4. The number of carbonyl (C=O) groups is 2. The van der Waals surface area contributed by atoms with Crippen LogP contribution in [0.2, 0.25) is 5.02 Å². The Morgan fingerprint density at radius 1 is 1.10 bits per heavy atom. The fraction of sp³-hybridized carbons (Fsp3) is 0.294. The lowest BCUT2D eigenvalue weighted by atomic mass is 10.2. The maximum Gasteiger partial charge on any atom is 0.417 e. The lowest BCUT2D eigenvalue weighted by Crippen LogP contribution is -2.50. The minimum Gasteiger partial charge on any atom is -0.352 e. The Hall–Kier alpha value is -3.12. The predicted octanol–water partition coefficient (Wildman–Crippen LogP) is 2.11. The molecule has 0 saturated carbocycles. The summed E-state index contributed by atoms with van der Waals surface area (Å²) in [6.45, 7) is 1.50. The van der Waals surface area contributed by atoms with E-state index in [1.807, 2.05) is 10.3 Å². The standard InChI is InChI=1S/C17H17ClF3N7O2/c18-12-7-10(15(29)26-22)8-24-14(12)27-3-5-28(6-4-27)16(30)25-13-2-1-11(9-23-13)17(19,20)21/h1-2,7-9H,3-6,22H2,(H,26,29)(H,23,25,30). The van der Waals surface area contributed by atoms with Gasteiger partial charge < -0.3 is 9.80 Å². The summed E-state index contributed by atoms with van der Waals surface area (Å²) in [6, 6.07) is 2.92. The summed E-state index contributed by atoms with van der Waals surface area (Å²) in [7, 11) is 0. The van der Waals surface area contributed by atoms with Crippen LogP contribution in [-0.4, -0.2) is 53.0 Å². The number of anilines is 2. The van der Waals surface area contributed by atoms with Crippen molar-refractivity contribution >= 4 is 35.2 Å². The molecule has 0 aliphatic carbocycles. The van der Waals surface area contributed by atoms with Crippen molar-refractivity contribution in [3.8, 4) is 0 Å². The van der Waals surface area contributed by atoms with E-state index in [1.165, 1.54) is 17.2 Å². The number of nitrogens with two attached hydrogens (primary N) is 1. The topological polar surface area (TPSA) is 116 Å². The number of nitrogens with one attached hydrogen (secondary N) is 2. The van der Waals surface area contributed by atoms with E-state index in [9.17, 15) is 22.8 Å². The molecule has 13 heteroatoms. The van der Waals surface area contributed by atoms with Crippen molar-refractivity contribution in [2.24, 2.45) is 5.84 Å². The summed E-state index contributed by atoms with van der Waals surface area (Å²) in [5.74, 6) is 5.05. The zero-order valence-corrected chi connectivity index (χ0v) is 16.2. The van der Waals surface area contributed by atoms with Crippen molar-refractivity contribution in [1.82, 2.24) is 20.3 Å².